The third-order valence-corrected chi connectivity index (χ3v) is 5.58. The van der Waals surface area contributed by atoms with E-state index in [1.807, 2.05) is 36.4 Å². The summed E-state index contributed by atoms with van der Waals surface area (Å²) in [7, 11) is 0. The quantitative estimate of drug-likeness (QED) is 0.497. The molecule has 5 rings (SSSR count). The first-order valence-electron chi connectivity index (χ1n) is 9.06. The molecule has 0 unspecified atom stereocenters. The third kappa shape index (κ3) is 2.52. The largest absolute Gasteiger partial charge is 0.326 e. The van der Waals surface area contributed by atoms with Gasteiger partial charge in [-0.15, -0.1) is 0 Å². The molecule has 0 N–H and O–H groups in total. The van der Waals surface area contributed by atoms with E-state index in [0.29, 0.717) is 28.8 Å². The number of aromatic nitrogens is 2. The van der Waals surface area contributed by atoms with E-state index in [1.165, 1.54) is 0 Å². The van der Waals surface area contributed by atoms with Gasteiger partial charge in [0.2, 0.25) is 0 Å². The lowest BCUT2D eigenvalue weighted by molar-refractivity contribution is 0.524. The molecular formula is C22H17ClN2O2. The first-order chi connectivity index (χ1) is 13.1. The average molecular weight is 377 g/mol. The lowest BCUT2D eigenvalue weighted by atomic mass is 10.00. The van der Waals surface area contributed by atoms with Gasteiger partial charge in [0.05, 0.1) is 10.9 Å². The number of hydrogen-bond donors (Lipinski definition) is 0. The number of pyridine rings is 2. The third-order valence-electron chi connectivity index (χ3n) is 5.34. The molecule has 5 heteroatoms. The van der Waals surface area contributed by atoms with Crippen molar-refractivity contribution in [3.63, 3.8) is 0 Å². The predicted octanol–water partition coefficient (Wildman–Crippen LogP) is 3.96. The van der Waals surface area contributed by atoms with E-state index in [-0.39, 0.29) is 11.0 Å². The van der Waals surface area contributed by atoms with Crippen molar-refractivity contribution in [1.29, 1.82) is 0 Å². The van der Waals surface area contributed by atoms with Crippen LogP contribution in [0.15, 0.2) is 64.2 Å². The second-order valence-corrected chi connectivity index (χ2v) is 7.45. The molecule has 3 heterocycles. The highest BCUT2D eigenvalue weighted by Crippen LogP contribution is 2.27. The minimum atomic E-state index is -0.0531. The standard InChI is InChI=1S/C22H17ClN2O2/c23-16-7-8-17-18(13-16)24-9-4-10-25-19(26)12-15(20(21(17)27)22(24)25)11-14-5-2-1-3-6-14/h1-3,5-8,12-13H,4,9-11H2. The van der Waals surface area contributed by atoms with Gasteiger partial charge < -0.3 is 4.57 Å². The van der Waals surface area contributed by atoms with E-state index in [9.17, 15) is 9.59 Å². The molecular weight excluding hydrogens is 360 g/mol. The molecule has 0 bridgehead atoms. The molecule has 2 aromatic heterocycles. The van der Waals surface area contributed by atoms with Crippen molar-refractivity contribution < 1.29 is 0 Å². The van der Waals surface area contributed by atoms with Gasteiger partial charge in [-0.1, -0.05) is 41.9 Å². The summed E-state index contributed by atoms with van der Waals surface area (Å²) >= 11 is 6.19. The molecule has 134 valence electrons. The Morgan fingerprint density at radius 3 is 2.52 bits per heavy atom. The van der Waals surface area contributed by atoms with E-state index in [0.717, 1.165) is 35.3 Å². The van der Waals surface area contributed by atoms with Crippen molar-refractivity contribution in [2.75, 3.05) is 0 Å². The fourth-order valence-electron chi connectivity index (χ4n) is 4.16. The van der Waals surface area contributed by atoms with Gasteiger partial charge in [-0.2, -0.15) is 0 Å². The molecule has 0 aliphatic carbocycles. The Morgan fingerprint density at radius 1 is 0.926 bits per heavy atom. The van der Waals surface area contributed by atoms with Crippen molar-refractivity contribution in [3.8, 4) is 0 Å². The molecule has 2 aromatic carbocycles. The summed E-state index contributed by atoms with van der Waals surface area (Å²) in [4.78, 5) is 26.2. The Balaban J connectivity index is 1.94. The van der Waals surface area contributed by atoms with Crippen molar-refractivity contribution >= 4 is 33.5 Å². The molecule has 27 heavy (non-hydrogen) atoms. The predicted molar refractivity (Wildman–Crippen MR) is 109 cm³/mol. The van der Waals surface area contributed by atoms with Gasteiger partial charge in [-0.05, 0) is 42.2 Å². The van der Waals surface area contributed by atoms with E-state index in [1.54, 1.807) is 22.8 Å². The van der Waals surface area contributed by atoms with Gasteiger partial charge in [0.25, 0.3) is 5.56 Å². The Bertz CT molecular complexity index is 1320. The first-order valence-corrected chi connectivity index (χ1v) is 9.44. The minimum absolute atomic E-state index is 0.0329. The average Bonchev–Trinajstić information content (AvgIpc) is 2.68. The van der Waals surface area contributed by atoms with Crippen LogP contribution in [0.25, 0.3) is 21.9 Å². The summed E-state index contributed by atoms with van der Waals surface area (Å²) < 4.78 is 3.81. The second-order valence-electron chi connectivity index (χ2n) is 7.02. The maximum atomic E-state index is 13.4. The van der Waals surface area contributed by atoms with Crippen LogP contribution >= 0.6 is 11.6 Å². The number of benzene rings is 2. The molecule has 4 nitrogen and oxygen atoms in total. The topological polar surface area (TPSA) is 44.0 Å². The lowest BCUT2D eigenvalue weighted by Gasteiger charge is -2.24. The highest BCUT2D eigenvalue weighted by Gasteiger charge is 2.21. The van der Waals surface area contributed by atoms with Crippen molar-refractivity contribution in [3.05, 3.63) is 91.3 Å². The highest BCUT2D eigenvalue weighted by molar-refractivity contribution is 6.31. The van der Waals surface area contributed by atoms with Crippen LogP contribution in [0.4, 0.5) is 0 Å². The SMILES string of the molecule is O=c1c2ccc(Cl)cc2n2c3c1c(Cc1ccccc1)cc(=O)n3CCC2. The Kier molecular flexibility index (Phi) is 3.69. The molecule has 0 atom stereocenters. The minimum Gasteiger partial charge on any atom is -0.326 e. The van der Waals surface area contributed by atoms with Crippen LogP contribution in [-0.4, -0.2) is 9.13 Å². The number of nitrogens with zero attached hydrogens (tertiary/aromatic N) is 2. The molecule has 4 aromatic rings. The smallest absolute Gasteiger partial charge is 0.252 e. The van der Waals surface area contributed by atoms with E-state index >= 15 is 0 Å². The normalized spacial score (nSPS) is 13.4. The molecule has 1 aliphatic rings. The molecule has 0 spiro atoms. The first kappa shape index (κ1) is 16.3. The summed E-state index contributed by atoms with van der Waals surface area (Å²) in [6, 6.07) is 16.9. The van der Waals surface area contributed by atoms with Gasteiger partial charge in [0.15, 0.2) is 5.43 Å². The van der Waals surface area contributed by atoms with Crippen LogP contribution < -0.4 is 11.0 Å². The van der Waals surface area contributed by atoms with Gasteiger partial charge in [-0.3, -0.25) is 14.2 Å². The van der Waals surface area contributed by atoms with E-state index in [4.69, 9.17) is 11.6 Å². The Labute approximate surface area is 160 Å². The lowest BCUT2D eigenvalue weighted by Crippen LogP contribution is -2.30. The van der Waals surface area contributed by atoms with Crippen molar-refractivity contribution in [2.45, 2.75) is 25.9 Å². The van der Waals surface area contributed by atoms with Crippen LogP contribution in [0, 0.1) is 0 Å². The second kappa shape index (κ2) is 6.10. The van der Waals surface area contributed by atoms with Crippen LogP contribution in [0.1, 0.15) is 17.5 Å². The maximum absolute atomic E-state index is 13.4. The summed E-state index contributed by atoms with van der Waals surface area (Å²) in [5, 5.41) is 1.88. The van der Waals surface area contributed by atoms with Gasteiger partial charge in [0, 0.05) is 29.6 Å². The van der Waals surface area contributed by atoms with Crippen LogP contribution in [-0.2, 0) is 19.5 Å². The molecule has 0 fully saturated rings. The summed E-state index contributed by atoms with van der Waals surface area (Å²) in [6.45, 7) is 1.40. The number of hydrogen-bond acceptors (Lipinski definition) is 2. The monoisotopic (exact) mass is 376 g/mol. The fourth-order valence-corrected chi connectivity index (χ4v) is 4.33. The summed E-state index contributed by atoms with van der Waals surface area (Å²) in [6.07, 6.45) is 1.41. The number of rotatable bonds is 2. The molecule has 0 saturated carbocycles. The van der Waals surface area contributed by atoms with Gasteiger partial charge >= 0.3 is 0 Å². The van der Waals surface area contributed by atoms with E-state index < -0.39 is 0 Å². The summed E-state index contributed by atoms with van der Waals surface area (Å²) in [5.74, 6) is 0. The number of halogens is 1. The molecule has 1 aliphatic heterocycles. The molecule has 0 radical (unpaired) electrons. The molecule has 0 amide bonds. The van der Waals surface area contributed by atoms with Crippen LogP contribution in [0.3, 0.4) is 0 Å². The maximum Gasteiger partial charge on any atom is 0.252 e. The zero-order valence-corrected chi connectivity index (χ0v) is 15.4. The number of aryl methyl sites for hydroxylation is 2. The zero-order chi connectivity index (χ0) is 18.5. The fraction of sp³-hybridized carbons (Fsp3) is 0.182. The summed E-state index contributed by atoms with van der Waals surface area (Å²) in [5.41, 5.74) is 3.30. The van der Waals surface area contributed by atoms with Crippen LogP contribution in [0.5, 0.6) is 0 Å². The van der Waals surface area contributed by atoms with Gasteiger partial charge in [-0.25, -0.2) is 0 Å². The van der Waals surface area contributed by atoms with E-state index in [2.05, 4.69) is 4.57 Å². The van der Waals surface area contributed by atoms with Gasteiger partial charge in [0.1, 0.15) is 5.65 Å². The van der Waals surface area contributed by atoms with Crippen LogP contribution in [0.2, 0.25) is 5.02 Å². The van der Waals surface area contributed by atoms with Crippen molar-refractivity contribution in [1.82, 2.24) is 9.13 Å². The molecule has 0 saturated heterocycles. The highest BCUT2D eigenvalue weighted by atomic mass is 35.5. The Hall–Kier alpha value is -2.85. The Morgan fingerprint density at radius 2 is 1.70 bits per heavy atom. The number of fused-ring (bicyclic) bond motifs is 2. The zero-order valence-electron chi connectivity index (χ0n) is 14.6. The van der Waals surface area contributed by atoms with Crippen molar-refractivity contribution in [2.24, 2.45) is 0 Å².